The van der Waals surface area contributed by atoms with Crippen molar-refractivity contribution in [2.75, 3.05) is 0 Å². The third-order valence-electron chi connectivity index (χ3n) is 17.6. The molecule has 0 spiro atoms. The number of aliphatic carboxylic acids is 8. The van der Waals surface area contributed by atoms with E-state index < -0.39 is 108 Å². The number of benzene rings is 4. The number of hydrogen-bond acceptors (Lipinski definition) is 18. The Morgan fingerprint density at radius 1 is 0.288 bits per heavy atom. The number of aromatic nitrogens is 4. The molecule has 0 atom stereocenters. The zero-order valence-corrected chi connectivity index (χ0v) is 79.1. The second-order valence-electron chi connectivity index (χ2n) is 28.6. The molecule has 104 heavy (non-hydrogen) atoms. The number of carbonyl (C=O) groups is 8. The number of carboxylic acid groups (broad SMARTS) is 8. The molecule has 0 radical (unpaired) electrons. The summed E-state index contributed by atoms with van der Waals surface area (Å²) in [6, 6.07) is 28.0. The van der Waals surface area contributed by atoms with Gasteiger partial charge in [0.05, 0.1) is 70.5 Å². The summed E-state index contributed by atoms with van der Waals surface area (Å²) in [4.78, 5) is 120. The van der Waals surface area contributed by atoms with Crippen molar-refractivity contribution in [1.29, 1.82) is 0 Å². The zero-order chi connectivity index (χ0) is 70.6. The summed E-state index contributed by atoms with van der Waals surface area (Å²) in [5.74, 6) is -25.2. The minimum Gasteiger partial charge on any atom is -0.549 e. The normalized spacial score (nSPS) is 11.7. The van der Waals surface area contributed by atoms with Crippen molar-refractivity contribution >= 4 is 94.1 Å². The molecule has 2 N–H and O–H groups in total. The first-order valence-corrected chi connectivity index (χ1v) is 31.1. The maximum absolute atomic E-state index is 12.8. The summed E-state index contributed by atoms with van der Waals surface area (Å²) < 4.78 is 0. The molecule has 0 amide bonds. The van der Waals surface area contributed by atoms with Gasteiger partial charge in [0, 0.05) is 68.0 Å². The van der Waals surface area contributed by atoms with E-state index in [2.05, 4.69) is 9.97 Å². The van der Waals surface area contributed by atoms with Gasteiger partial charge in [0.15, 0.2) is 0 Å². The van der Waals surface area contributed by atoms with E-state index in [4.69, 9.17) is 9.97 Å². The van der Waals surface area contributed by atoms with E-state index in [1.807, 2.05) is 90.1 Å². The summed E-state index contributed by atoms with van der Waals surface area (Å²) in [5, 5.41) is 103. The van der Waals surface area contributed by atoms with Gasteiger partial charge < -0.3 is 89.2 Å². The second kappa shape index (κ2) is 39.9. The number of fused-ring (bicyclic) bond motifs is 8. The molecule has 8 bridgehead atoms. The van der Waals surface area contributed by atoms with Crippen LogP contribution in [-0.4, -0.2) is 67.7 Å². The molecule has 5 heterocycles. The summed E-state index contributed by atoms with van der Waals surface area (Å²) in [6.45, 7) is 22.9. The molecule has 0 aliphatic carbocycles. The number of hydrogen-bond donors (Lipinski definition) is 2. The van der Waals surface area contributed by atoms with Crippen LogP contribution in [-0.2, 0) is 85.7 Å². The second-order valence-corrected chi connectivity index (χ2v) is 28.6. The summed E-state index contributed by atoms with van der Waals surface area (Å²) in [7, 11) is 0. The van der Waals surface area contributed by atoms with Crippen LogP contribution in [0.5, 0.6) is 0 Å². The average Bonchev–Trinajstić information content (AvgIpc) is 1.60. The van der Waals surface area contributed by atoms with Crippen LogP contribution in [0.25, 0.3) is 90.9 Å². The number of H-pyrrole nitrogens is 2. The fourth-order valence-electron chi connectivity index (χ4n) is 12.2. The quantitative estimate of drug-likeness (QED) is 0.0528. The maximum atomic E-state index is 12.8. The van der Waals surface area contributed by atoms with Gasteiger partial charge >= 0.3 is 236 Å². The van der Waals surface area contributed by atoms with Gasteiger partial charge in [-0.05, 0) is 163 Å². The number of nitrogens with zero attached hydrogens (tertiary/aromatic N) is 2. The Morgan fingerprint density at radius 2 is 0.481 bits per heavy atom. The molecule has 0 saturated carbocycles. The molecule has 20 nitrogen and oxygen atoms in total. The van der Waals surface area contributed by atoms with Crippen LogP contribution in [0.1, 0.15) is 150 Å². The van der Waals surface area contributed by atoms with E-state index >= 15 is 0 Å². The first kappa shape index (κ1) is 99.2. The van der Waals surface area contributed by atoms with Crippen LogP contribution in [0.15, 0.2) is 97.1 Å². The Balaban J connectivity index is 0.00000676. The minimum atomic E-state index is -2.30. The van der Waals surface area contributed by atoms with Crippen molar-refractivity contribution in [3.05, 3.63) is 164 Å². The van der Waals surface area contributed by atoms with E-state index in [9.17, 15) is 79.2 Å². The van der Waals surface area contributed by atoms with Crippen molar-refractivity contribution in [2.24, 2.45) is 23.7 Å². The molecule has 28 heteroatoms. The molecule has 9 rings (SSSR count). The molecule has 3 aromatic heterocycles. The van der Waals surface area contributed by atoms with Gasteiger partial charge in [0.1, 0.15) is 0 Å². The Hall–Kier alpha value is -2.76. The number of rotatable bonds is 20. The largest absolute Gasteiger partial charge is 1.00 e. The molecular weight excluding hydrogens is 1410 g/mol. The van der Waals surface area contributed by atoms with Gasteiger partial charge in [-0.2, -0.15) is 0 Å². The third-order valence-corrected chi connectivity index (χ3v) is 17.6. The summed E-state index contributed by atoms with van der Waals surface area (Å²) in [5.41, 5.74) is 4.33. The smallest absolute Gasteiger partial charge is 0.549 e. The fraction of sp³-hybridized carbons (Fsp3) is 0.316. The van der Waals surface area contributed by atoms with Crippen LogP contribution >= 0.6 is 0 Å². The first-order chi connectivity index (χ1) is 44.7. The van der Waals surface area contributed by atoms with E-state index in [1.165, 1.54) is 0 Å². The molecule has 498 valence electrons. The number of nitrogens with one attached hydrogen (secondary N) is 2. The van der Waals surface area contributed by atoms with Crippen molar-refractivity contribution in [3.63, 3.8) is 0 Å². The molecule has 2 aliphatic rings. The fourth-order valence-corrected chi connectivity index (χ4v) is 12.2. The molecular formula is C76H70N4Na8O16. The van der Waals surface area contributed by atoms with Gasteiger partial charge in [-0.1, -0.05) is 156 Å². The van der Waals surface area contributed by atoms with Crippen molar-refractivity contribution in [2.45, 2.75) is 130 Å². The average molecular weight is 1480 g/mol. The summed E-state index contributed by atoms with van der Waals surface area (Å²) >= 11 is 0. The van der Waals surface area contributed by atoms with Gasteiger partial charge in [0.2, 0.25) is 0 Å². The predicted octanol–water partition coefficient (Wildman–Crippen LogP) is -20.8. The van der Waals surface area contributed by atoms with Crippen LogP contribution in [0, 0.1) is 23.7 Å². The molecule has 4 aromatic carbocycles. The number of carbonyl (C=O) groups excluding carboxylic acids is 8. The molecule has 2 aliphatic heterocycles. The topological polar surface area (TPSA) is 378 Å². The van der Waals surface area contributed by atoms with E-state index in [1.54, 1.807) is 114 Å². The van der Waals surface area contributed by atoms with E-state index in [0.717, 1.165) is 11.1 Å². The zero-order valence-electron chi connectivity index (χ0n) is 63.1. The molecule has 0 fully saturated rings. The third kappa shape index (κ3) is 22.7. The summed E-state index contributed by atoms with van der Waals surface area (Å²) in [6.07, 6.45) is 3.31. The van der Waals surface area contributed by atoms with Gasteiger partial charge in [-0.3, -0.25) is 0 Å². The van der Waals surface area contributed by atoms with Gasteiger partial charge in [-0.15, -0.1) is 0 Å². The predicted molar refractivity (Wildman–Crippen MR) is 344 cm³/mol. The van der Waals surface area contributed by atoms with E-state index in [0.29, 0.717) is 44.4 Å². The first-order valence-electron chi connectivity index (χ1n) is 31.1. The molecule has 7 aromatic rings. The van der Waals surface area contributed by atoms with Crippen molar-refractivity contribution in [1.82, 2.24) is 19.9 Å². The Kier molecular flexibility index (Phi) is 38.1. The van der Waals surface area contributed by atoms with Crippen LogP contribution in [0.2, 0.25) is 0 Å². The number of carboxylic acids is 8. The SMILES string of the molecule is CC(C)(C)c1ccc(-c2c3nc(c(-c4c(CC(C(=O)[O-])C(=O)[O-])cc(C(C)(C)C)cc4CC(C(=O)[O-])C(=O)[O-])c4ccc([nH]4)c(-c4ccc(C(C)(C)C)cc4)c4nc(c(-c5c(CC(C(=O)[O-])C(=O)[O-])cc(C(C)(C)C)cc5CC(C(=O)[O-])C(=O)[O-])c5ccc2[nH]5)C=C4)C=C3)cc1.[Na+].[Na+].[Na+].[Na+].[Na+].[Na+].[Na+].[Na+]. The number of aromatic amines is 2. The Bertz CT molecular complexity index is 4190. The van der Waals surface area contributed by atoms with Gasteiger partial charge in [-0.25, -0.2) is 9.97 Å². The van der Waals surface area contributed by atoms with Crippen LogP contribution in [0.4, 0.5) is 0 Å². The van der Waals surface area contributed by atoms with Crippen molar-refractivity contribution < 1.29 is 316 Å². The standard InChI is InChI=1S/C76H78N4O16.8Na/c1-73(2,3)43-17-13-37(14-18-43)61-51-21-25-55(77-51)63(59-39(33-47(65(81)82)66(83)84)29-45(75(7,8)9)30-40(59)34-48(67(85)86)68(87)88)57-27-23-53(79-57)62(38-15-19-44(20-16-38)74(4,5)6)54-24-28-58(80-54)64(56-26-22-52(61)78-56)60-41(35-49(69(89)90)70(91)92)31-46(76(10,11)12)32-42(60)36-50(71(93)94)72(95)96;;;;;;;;/h13-32,47-50,77,80H,33-36H2,1-12H3,(H,81,82)(H,83,84)(H,85,86)(H,87,88)(H,89,90)(H,91,92)(H,93,94)(H,95,96);;;;;;;;/q;8*+1/p-8. The Labute approximate surface area is 781 Å². The van der Waals surface area contributed by atoms with E-state index in [-0.39, 0.29) is 326 Å². The Morgan fingerprint density at radius 3 is 0.673 bits per heavy atom. The monoisotopic (exact) mass is 1480 g/mol. The van der Waals surface area contributed by atoms with Crippen LogP contribution < -0.4 is 277 Å². The van der Waals surface area contributed by atoms with Gasteiger partial charge in [0.25, 0.3) is 0 Å². The molecule has 0 unspecified atom stereocenters. The van der Waals surface area contributed by atoms with Crippen LogP contribution in [0.3, 0.4) is 0 Å². The maximum Gasteiger partial charge on any atom is 1.00 e. The van der Waals surface area contributed by atoms with Crippen molar-refractivity contribution in [3.8, 4) is 44.5 Å². The minimum absolute atomic E-state index is 0. The molecule has 0 saturated heterocycles.